The summed E-state index contributed by atoms with van der Waals surface area (Å²) in [6.45, 7) is 1.60. The van der Waals surface area contributed by atoms with Crippen molar-refractivity contribution in [3.05, 3.63) is 72.9 Å². The summed E-state index contributed by atoms with van der Waals surface area (Å²) in [6.07, 6.45) is 28.9. The van der Waals surface area contributed by atoms with Crippen molar-refractivity contribution in [3.63, 3.8) is 0 Å². The van der Waals surface area contributed by atoms with Crippen LogP contribution in [0.1, 0.15) is 194 Å². The number of rotatable bonds is 46. The van der Waals surface area contributed by atoms with Gasteiger partial charge < -0.3 is 89.9 Å². The van der Waals surface area contributed by atoms with E-state index in [4.69, 9.17) is 28.4 Å². The lowest BCUT2D eigenvalue weighted by Gasteiger charge is -2.48. The van der Waals surface area contributed by atoms with Gasteiger partial charge >= 0.3 is 0 Å². The Morgan fingerprint density at radius 3 is 1.30 bits per heavy atom. The average molecular weight is 1180 g/mol. The number of amides is 1. The Morgan fingerprint density at radius 2 is 0.831 bits per heavy atom. The molecule has 3 rings (SSSR count). The van der Waals surface area contributed by atoms with E-state index in [0.717, 1.165) is 103 Å². The molecule has 3 aliphatic rings. The smallest absolute Gasteiger partial charge is 0.220 e. The molecule has 0 aliphatic carbocycles. The van der Waals surface area contributed by atoms with Gasteiger partial charge in [-0.15, -0.1) is 0 Å². The van der Waals surface area contributed by atoms with Crippen LogP contribution in [0.15, 0.2) is 72.9 Å². The van der Waals surface area contributed by atoms with Gasteiger partial charge in [0, 0.05) is 6.42 Å². The predicted molar refractivity (Wildman–Crippen MR) is 318 cm³/mol. The third-order valence-corrected chi connectivity index (χ3v) is 15.5. The van der Waals surface area contributed by atoms with Crippen LogP contribution in [0.4, 0.5) is 0 Å². The second kappa shape index (κ2) is 46.4. The molecule has 83 heavy (non-hydrogen) atoms. The molecule has 19 nitrogen and oxygen atoms in total. The molecule has 17 atom stereocenters. The van der Waals surface area contributed by atoms with E-state index in [0.29, 0.717) is 12.8 Å². The molecule has 0 aromatic heterocycles. The number of aliphatic hydroxyl groups is 11. The highest BCUT2D eigenvalue weighted by Crippen LogP contribution is 2.33. The van der Waals surface area contributed by atoms with Crippen LogP contribution < -0.4 is 5.32 Å². The molecule has 0 radical (unpaired) electrons. The Bertz CT molecular complexity index is 1790. The molecule has 0 aromatic carbocycles. The molecule has 480 valence electrons. The van der Waals surface area contributed by atoms with Crippen molar-refractivity contribution < 1.29 is 89.4 Å². The summed E-state index contributed by atoms with van der Waals surface area (Å²) >= 11 is 0. The number of allylic oxidation sites excluding steroid dienone is 12. The number of unbranched alkanes of at least 4 members (excludes halogenated alkanes) is 18. The minimum Gasteiger partial charge on any atom is -0.394 e. The number of hydrogen-bond acceptors (Lipinski definition) is 18. The van der Waals surface area contributed by atoms with Crippen molar-refractivity contribution in [2.24, 2.45) is 0 Å². The first kappa shape index (κ1) is 74.5. The molecule has 3 heterocycles. The summed E-state index contributed by atoms with van der Waals surface area (Å²) in [5.41, 5.74) is 0. The highest BCUT2D eigenvalue weighted by molar-refractivity contribution is 5.76. The van der Waals surface area contributed by atoms with Gasteiger partial charge in [-0.1, -0.05) is 196 Å². The summed E-state index contributed by atoms with van der Waals surface area (Å²) in [4.78, 5) is 13.3. The lowest BCUT2D eigenvalue weighted by molar-refractivity contribution is -0.379. The monoisotopic (exact) mass is 1180 g/mol. The zero-order valence-corrected chi connectivity index (χ0v) is 50.1. The van der Waals surface area contributed by atoms with Crippen LogP contribution in [-0.4, -0.2) is 193 Å². The average Bonchev–Trinajstić information content (AvgIpc) is 3.69. The van der Waals surface area contributed by atoms with Crippen LogP contribution in [-0.2, 0) is 33.2 Å². The number of carbonyl (C=O) groups excluding carboxylic acids is 1. The van der Waals surface area contributed by atoms with E-state index in [2.05, 4.69) is 92.1 Å². The summed E-state index contributed by atoms with van der Waals surface area (Å²) in [7, 11) is 0. The first-order valence-electron chi connectivity index (χ1n) is 31.7. The Labute approximate surface area is 496 Å². The zero-order valence-electron chi connectivity index (χ0n) is 50.1. The van der Waals surface area contributed by atoms with Crippen LogP contribution in [0.5, 0.6) is 0 Å². The van der Waals surface area contributed by atoms with Crippen molar-refractivity contribution in [2.45, 2.75) is 298 Å². The molecule has 12 N–H and O–H groups in total. The molecular formula is C64H111NO18. The fourth-order valence-corrected chi connectivity index (χ4v) is 10.4. The highest BCUT2D eigenvalue weighted by atomic mass is 16.8. The summed E-state index contributed by atoms with van der Waals surface area (Å²) in [5, 5.41) is 120. The Hall–Kier alpha value is -2.77. The van der Waals surface area contributed by atoms with Crippen molar-refractivity contribution in [1.29, 1.82) is 0 Å². The maximum absolute atomic E-state index is 13.3. The second-order valence-electron chi connectivity index (χ2n) is 22.5. The van der Waals surface area contributed by atoms with Crippen LogP contribution >= 0.6 is 0 Å². The van der Waals surface area contributed by atoms with E-state index in [1.54, 1.807) is 0 Å². The SMILES string of the molecule is CC/C=C\C/C=C\C/C=C\C/C=C\C/C=C\C/C=C\CCCCCCCCCCCCCCC(=O)NC(COC1OC(CO)C(OC2OC(CO)C(OC3OC(CO)C(O)C(O)C3O)C(O)C2O)C(O)C1O)C(O)CCCCCCCCC. The molecule has 17 unspecified atom stereocenters. The van der Waals surface area contributed by atoms with Crippen LogP contribution in [0.3, 0.4) is 0 Å². The van der Waals surface area contributed by atoms with Crippen LogP contribution in [0.25, 0.3) is 0 Å². The first-order valence-corrected chi connectivity index (χ1v) is 31.7. The van der Waals surface area contributed by atoms with Crippen LogP contribution in [0, 0.1) is 0 Å². The highest BCUT2D eigenvalue weighted by Gasteiger charge is 2.53. The maximum atomic E-state index is 13.3. The number of aliphatic hydroxyl groups excluding tert-OH is 11. The molecule has 3 aliphatic heterocycles. The quantitative estimate of drug-likeness (QED) is 0.0226. The van der Waals surface area contributed by atoms with Crippen molar-refractivity contribution in [3.8, 4) is 0 Å². The van der Waals surface area contributed by atoms with Gasteiger partial charge in [0.25, 0.3) is 0 Å². The first-order chi connectivity index (χ1) is 40.3. The van der Waals surface area contributed by atoms with Gasteiger partial charge in [0.2, 0.25) is 5.91 Å². The molecule has 0 spiro atoms. The third-order valence-electron chi connectivity index (χ3n) is 15.5. The lowest BCUT2D eigenvalue weighted by Crippen LogP contribution is -2.66. The molecule has 0 saturated carbocycles. The molecule has 1 amide bonds. The molecule has 0 bridgehead atoms. The van der Waals surface area contributed by atoms with Gasteiger partial charge in [-0.05, 0) is 64.2 Å². The van der Waals surface area contributed by atoms with Gasteiger partial charge in [-0.25, -0.2) is 0 Å². The normalized spacial score (nSPS) is 29.9. The van der Waals surface area contributed by atoms with E-state index in [9.17, 15) is 61.0 Å². The number of ether oxygens (including phenoxy) is 6. The Kier molecular flexibility index (Phi) is 41.6. The van der Waals surface area contributed by atoms with Gasteiger partial charge in [0.15, 0.2) is 18.9 Å². The third kappa shape index (κ3) is 29.7. The molecule has 3 saturated heterocycles. The standard InChI is InChI=1S/C64H111NO18/c1-3-5-7-9-11-12-13-14-15-16-17-18-19-20-21-22-23-24-25-26-27-28-29-30-31-32-33-34-36-38-40-42-52(70)65-47(48(69)41-39-37-35-10-8-6-4-2)46-78-62-58(76)55(73)60(50(44-67)80-62)83-64-59(77)56(74)61(51(45-68)81-64)82-63-57(75)54(72)53(71)49(43-66)79-63/h5,7,11-12,14-15,17-18,20-21,23-24,47-51,53-64,66-69,71-77H,3-4,6,8-10,13,16,19,22,25-46H2,1-2H3,(H,65,70)/b7-5-,12-11-,15-14-,18-17-,21-20-,24-23-. The number of carbonyl (C=O) groups is 1. The minimum atomic E-state index is -1.97. The second-order valence-corrected chi connectivity index (χ2v) is 22.5. The largest absolute Gasteiger partial charge is 0.394 e. The van der Waals surface area contributed by atoms with Crippen molar-refractivity contribution in [1.82, 2.24) is 5.32 Å². The van der Waals surface area contributed by atoms with Gasteiger partial charge in [-0.3, -0.25) is 4.79 Å². The van der Waals surface area contributed by atoms with Crippen molar-refractivity contribution in [2.75, 3.05) is 26.4 Å². The van der Waals surface area contributed by atoms with Crippen LogP contribution in [0.2, 0.25) is 0 Å². The van der Waals surface area contributed by atoms with E-state index in [1.807, 2.05) is 0 Å². The predicted octanol–water partition coefficient (Wildman–Crippen LogP) is 6.60. The van der Waals surface area contributed by atoms with Gasteiger partial charge in [0.05, 0.1) is 38.6 Å². The van der Waals surface area contributed by atoms with E-state index in [-0.39, 0.29) is 18.9 Å². The van der Waals surface area contributed by atoms with Gasteiger partial charge in [0.1, 0.15) is 73.2 Å². The fourth-order valence-electron chi connectivity index (χ4n) is 10.4. The van der Waals surface area contributed by atoms with Crippen molar-refractivity contribution >= 4 is 5.91 Å². The Morgan fingerprint density at radius 1 is 0.446 bits per heavy atom. The van der Waals surface area contributed by atoms with E-state index >= 15 is 0 Å². The summed E-state index contributed by atoms with van der Waals surface area (Å²) in [5.74, 6) is -0.253. The summed E-state index contributed by atoms with van der Waals surface area (Å²) in [6, 6.07) is -0.888. The molecule has 0 aromatic rings. The molecule has 19 heteroatoms. The molecular weight excluding hydrogens is 1070 g/mol. The van der Waals surface area contributed by atoms with E-state index in [1.165, 1.54) is 57.8 Å². The lowest BCUT2D eigenvalue weighted by atomic mass is 9.96. The minimum absolute atomic E-state index is 0.253. The number of nitrogens with one attached hydrogen (secondary N) is 1. The summed E-state index contributed by atoms with van der Waals surface area (Å²) < 4.78 is 34.2. The molecule has 3 fully saturated rings. The van der Waals surface area contributed by atoms with Gasteiger partial charge in [-0.2, -0.15) is 0 Å². The number of hydrogen-bond donors (Lipinski definition) is 12. The van der Waals surface area contributed by atoms with E-state index < -0.39 is 124 Å². The fraction of sp³-hybridized carbons (Fsp3) is 0.797. The maximum Gasteiger partial charge on any atom is 0.220 e. The Balaban J connectivity index is 1.34. The zero-order chi connectivity index (χ0) is 60.5. The topological polar surface area (TPSA) is 307 Å².